The molecule has 3 N–H and O–H groups in total. The third kappa shape index (κ3) is 5.16. The quantitative estimate of drug-likeness (QED) is 0.589. The molecule has 8 nitrogen and oxygen atoms in total. The van der Waals surface area contributed by atoms with Gasteiger partial charge in [-0.1, -0.05) is 12.1 Å². The molecule has 11 heteroatoms. The first kappa shape index (κ1) is 25.9. The number of alkyl halides is 3. The number of primary amides is 1. The summed E-state index contributed by atoms with van der Waals surface area (Å²) in [6.45, 7) is 0.749. The van der Waals surface area contributed by atoms with Gasteiger partial charge in [-0.05, 0) is 63.1 Å². The normalized spacial score (nSPS) is 24.0. The second-order valence-electron chi connectivity index (χ2n) is 9.80. The number of carbonyl (C=O) groups is 2. The van der Waals surface area contributed by atoms with Crippen LogP contribution in [0.1, 0.15) is 67.1 Å². The van der Waals surface area contributed by atoms with E-state index in [9.17, 15) is 27.9 Å². The van der Waals surface area contributed by atoms with Gasteiger partial charge in [0.15, 0.2) is 5.60 Å². The van der Waals surface area contributed by atoms with E-state index in [1.807, 2.05) is 4.90 Å². The van der Waals surface area contributed by atoms with Crippen LogP contribution in [0.25, 0.3) is 0 Å². The van der Waals surface area contributed by atoms with Gasteiger partial charge in [0.05, 0.1) is 5.69 Å². The lowest BCUT2D eigenvalue weighted by atomic mass is 9.70. The number of ether oxygens (including phenoxy) is 1. The van der Waals surface area contributed by atoms with Crippen molar-refractivity contribution in [3.8, 4) is 0 Å². The minimum atomic E-state index is -4.84. The summed E-state index contributed by atoms with van der Waals surface area (Å²) < 4.78 is 44.7. The summed E-state index contributed by atoms with van der Waals surface area (Å²) >= 11 is 0. The second-order valence-corrected chi connectivity index (χ2v) is 9.80. The van der Waals surface area contributed by atoms with Crippen molar-refractivity contribution in [1.82, 2.24) is 14.9 Å². The van der Waals surface area contributed by atoms with Crippen LogP contribution < -0.4 is 5.73 Å². The summed E-state index contributed by atoms with van der Waals surface area (Å²) in [6, 6.07) is 4.95. The van der Waals surface area contributed by atoms with Crippen LogP contribution in [0.3, 0.4) is 0 Å². The zero-order chi connectivity index (χ0) is 26.1. The first-order chi connectivity index (χ1) is 16.9. The Balaban J connectivity index is 1.51. The van der Waals surface area contributed by atoms with Gasteiger partial charge >= 0.3 is 12.3 Å². The molecule has 1 aromatic heterocycles. The van der Waals surface area contributed by atoms with Crippen molar-refractivity contribution in [2.75, 3.05) is 6.61 Å². The highest BCUT2D eigenvalue weighted by molar-refractivity contribution is 5.95. The van der Waals surface area contributed by atoms with Gasteiger partial charge in [-0.15, -0.1) is 0 Å². The van der Waals surface area contributed by atoms with E-state index in [-0.39, 0.29) is 35.7 Å². The highest BCUT2D eigenvalue weighted by Crippen LogP contribution is 2.43. The number of benzene rings is 1. The van der Waals surface area contributed by atoms with E-state index in [1.165, 1.54) is 12.1 Å². The van der Waals surface area contributed by atoms with Crippen LogP contribution >= 0.6 is 0 Å². The van der Waals surface area contributed by atoms with Gasteiger partial charge in [0.2, 0.25) is 0 Å². The van der Waals surface area contributed by atoms with Crippen LogP contribution in [-0.4, -0.2) is 56.8 Å². The molecule has 1 heterocycles. The molecule has 0 unspecified atom stereocenters. The fraction of sp³-hybridized carbons (Fsp3) is 0.520. The number of carbonyl (C=O) groups excluding carboxylic acids is 2. The lowest BCUT2D eigenvalue weighted by molar-refractivity contribution is -0.258. The predicted octanol–water partition coefficient (Wildman–Crippen LogP) is 3.83. The molecule has 2 aromatic rings. The molecule has 36 heavy (non-hydrogen) atoms. The molecular formula is C25H29F3N4O4. The third-order valence-electron chi connectivity index (χ3n) is 7.32. The maximum absolute atomic E-state index is 13.5. The van der Waals surface area contributed by atoms with E-state index >= 15 is 0 Å². The topological polar surface area (TPSA) is 119 Å². The zero-order valence-corrected chi connectivity index (χ0v) is 19.9. The van der Waals surface area contributed by atoms with Gasteiger partial charge in [-0.3, -0.25) is 14.8 Å². The summed E-state index contributed by atoms with van der Waals surface area (Å²) in [4.78, 5) is 35.2. The average Bonchev–Trinajstić information content (AvgIpc) is 3.69. The Morgan fingerprint density at radius 2 is 1.72 bits per heavy atom. The number of hydrogen-bond donors (Lipinski definition) is 2. The third-order valence-corrected chi connectivity index (χ3v) is 7.32. The monoisotopic (exact) mass is 506 g/mol. The number of hydrogen-bond acceptors (Lipinski definition) is 6. The number of aliphatic hydroxyl groups is 1. The minimum Gasteiger partial charge on any atom is -0.449 e. The summed E-state index contributed by atoms with van der Waals surface area (Å²) in [7, 11) is 0. The van der Waals surface area contributed by atoms with Gasteiger partial charge in [-0.25, -0.2) is 4.79 Å². The SMILES string of the molecule is C[C@](O)(c1ccc(C(=O)N(C2CC2)[C@H]2CC[C@](COC(N)=O)(c3cnccn3)CC2)cc1)C(F)(F)F. The van der Waals surface area contributed by atoms with Crippen molar-refractivity contribution in [3.63, 3.8) is 0 Å². The Morgan fingerprint density at radius 3 is 2.22 bits per heavy atom. The van der Waals surface area contributed by atoms with E-state index in [1.54, 1.807) is 18.6 Å². The molecular weight excluding hydrogens is 477 g/mol. The van der Waals surface area contributed by atoms with Gasteiger partial charge in [0.25, 0.3) is 5.91 Å². The van der Waals surface area contributed by atoms with E-state index in [2.05, 4.69) is 9.97 Å². The fourth-order valence-electron chi connectivity index (χ4n) is 4.92. The van der Waals surface area contributed by atoms with Gasteiger partial charge < -0.3 is 20.5 Å². The summed E-state index contributed by atoms with van der Waals surface area (Å²) in [5.41, 5.74) is 2.27. The molecule has 2 saturated carbocycles. The van der Waals surface area contributed by atoms with Crippen LogP contribution in [-0.2, 0) is 15.8 Å². The number of rotatable bonds is 7. The van der Waals surface area contributed by atoms with Crippen LogP contribution in [0.4, 0.5) is 18.0 Å². The van der Waals surface area contributed by atoms with Crippen LogP contribution in [0.5, 0.6) is 0 Å². The first-order valence-corrected chi connectivity index (χ1v) is 11.9. The summed E-state index contributed by atoms with van der Waals surface area (Å²) in [5, 5.41) is 9.92. The molecule has 1 aromatic carbocycles. The van der Waals surface area contributed by atoms with Crippen LogP contribution in [0.15, 0.2) is 42.9 Å². The Labute approximate surface area is 206 Å². The standard InChI is InChI=1S/C25H29F3N4O4/c1-23(35,25(26,27)28)17-4-2-16(3-5-17)21(33)32(18-6-7-18)19-8-10-24(11-9-19,15-36-22(29)34)20-14-30-12-13-31-20/h2-5,12-14,18-19,35H,6-11,15H2,1H3,(H2,29,34)/t19-,23-,24-/m0/s1. The molecule has 2 fully saturated rings. The van der Waals surface area contributed by atoms with Crippen molar-refractivity contribution in [2.24, 2.45) is 5.73 Å². The zero-order valence-electron chi connectivity index (χ0n) is 19.9. The summed E-state index contributed by atoms with van der Waals surface area (Å²) in [6.07, 6.45) is 3.23. The number of amides is 2. The minimum absolute atomic E-state index is 0.0612. The van der Waals surface area contributed by atoms with Crippen molar-refractivity contribution in [1.29, 1.82) is 0 Å². The highest BCUT2D eigenvalue weighted by Gasteiger charge is 2.51. The summed E-state index contributed by atoms with van der Waals surface area (Å²) in [5.74, 6) is -0.249. The Morgan fingerprint density at radius 1 is 1.11 bits per heavy atom. The van der Waals surface area contributed by atoms with Crippen molar-refractivity contribution >= 4 is 12.0 Å². The first-order valence-electron chi connectivity index (χ1n) is 11.9. The molecule has 1 atom stereocenters. The van der Waals surface area contributed by atoms with E-state index < -0.39 is 23.3 Å². The predicted molar refractivity (Wildman–Crippen MR) is 123 cm³/mol. The van der Waals surface area contributed by atoms with Crippen LogP contribution in [0.2, 0.25) is 0 Å². The Bertz CT molecular complexity index is 1080. The molecule has 0 bridgehead atoms. The lowest BCUT2D eigenvalue weighted by Gasteiger charge is -2.43. The van der Waals surface area contributed by atoms with Crippen molar-refractivity contribution in [3.05, 3.63) is 59.7 Å². The number of halogens is 3. The van der Waals surface area contributed by atoms with E-state index in [0.29, 0.717) is 38.3 Å². The van der Waals surface area contributed by atoms with Crippen LogP contribution in [0, 0.1) is 0 Å². The fourth-order valence-corrected chi connectivity index (χ4v) is 4.92. The van der Waals surface area contributed by atoms with Crippen molar-refractivity contribution < 1.29 is 32.6 Å². The van der Waals surface area contributed by atoms with E-state index in [4.69, 9.17) is 10.5 Å². The molecule has 2 aliphatic rings. The number of aromatic nitrogens is 2. The van der Waals surface area contributed by atoms with E-state index in [0.717, 1.165) is 25.0 Å². The molecule has 2 aliphatic carbocycles. The Kier molecular flexibility index (Phi) is 6.96. The second kappa shape index (κ2) is 9.68. The maximum atomic E-state index is 13.5. The lowest BCUT2D eigenvalue weighted by Crippen LogP contribution is -2.48. The van der Waals surface area contributed by atoms with Gasteiger partial charge in [0.1, 0.15) is 6.61 Å². The molecule has 4 rings (SSSR count). The smallest absolute Gasteiger partial charge is 0.421 e. The molecule has 0 spiro atoms. The number of nitrogens with zero attached hydrogens (tertiary/aromatic N) is 3. The van der Waals surface area contributed by atoms with Crippen molar-refractivity contribution in [2.45, 2.75) is 74.7 Å². The highest BCUT2D eigenvalue weighted by atomic mass is 19.4. The molecule has 0 radical (unpaired) electrons. The molecule has 2 amide bonds. The Hall–Kier alpha value is -3.21. The molecule has 194 valence electrons. The maximum Gasteiger partial charge on any atom is 0.421 e. The van der Waals surface area contributed by atoms with Gasteiger partial charge in [-0.2, -0.15) is 13.2 Å². The largest absolute Gasteiger partial charge is 0.449 e. The molecule has 0 aliphatic heterocycles. The molecule has 0 saturated heterocycles. The average molecular weight is 507 g/mol. The number of nitrogens with two attached hydrogens (primary N) is 1. The van der Waals surface area contributed by atoms with Gasteiger partial charge in [0, 0.05) is 41.7 Å².